The number of fused-ring (bicyclic) bond motifs is 1. The molecule has 2 aromatic rings. The van der Waals surface area contributed by atoms with Crippen LogP contribution in [-0.2, 0) is 9.31 Å². The summed E-state index contributed by atoms with van der Waals surface area (Å²) in [5.74, 6) is -0.396. The summed E-state index contributed by atoms with van der Waals surface area (Å²) in [6.45, 7) is 15.6. The number of hydrogen-bond donors (Lipinski definition) is 0. The van der Waals surface area contributed by atoms with Gasteiger partial charge in [0.15, 0.2) is 11.5 Å². The standard InChI is InChI=1S/C17H22BFN2O2/c1-10(2)14-11(3)20-15-13(19)8-12(9-21(14)15)18-22-16(4,5)17(6,7)23-18/h8-9H,1H2,2-7H3. The maximum atomic E-state index is 14.5. The topological polar surface area (TPSA) is 35.8 Å². The molecule has 0 radical (unpaired) electrons. The van der Waals surface area contributed by atoms with Gasteiger partial charge in [-0.2, -0.15) is 0 Å². The summed E-state index contributed by atoms with van der Waals surface area (Å²) in [4.78, 5) is 4.30. The molecule has 1 aliphatic heterocycles. The van der Waals surface area contributed by atoms with Gasteiger partial charge in [-0.1, -0.05) is 6.58 Å². The van der Waals surface area contributed by atoms with Gasteiger partial charge in [0.1, 0.15) is 0 Å². The van der Waals surface area contributed by atoms with E-state index < -0.39 is 24.1 Å². The van der Waals surface area contributed by atoms with Gasteiger partial charge in [-0.25, -0.2) is 9.37 Å². The Kier molecular flexibility index (Phi) is 3.47. The first-order chi connectivity index (χ1) is 10.5. The summed E-state index contributed by atoms with van der Waals surface area (Å²) >= 11 is 0. The van der Waals surface area contributed by atoms with Crippen LogP contribution in [0, 0.1) is 12.7 Å². The monoisotopic (exact) mass is 316 g/mol. The Bertz CT molecular complexity index is 795. The first-order valence-corrected chi connectivity index (χ1v) is 7.73. The second-order valence-electron chi connectivity index (χ2n) is 7.23. The lowest BCUT2D eigenvalue weighted by atomic mass is 9.80. The molecule has 0 aliphatic carbocycles. The van der Waals surface area contributed by atoms with Crippen molar-refractivity contribution in [3.63, 3.8) is 0 Å². The fourth-order valence-corrected chi connectivity index (χ4v) is 2.86. The van der Waals surface area contributed by atoms with Crippen molar-refractivity contribution in [1.29, 1.82) is 0 Å². The minimum absolute atomic E-state index is 0.292. The Labute approximate surface area is 136 Å². The highest BCUT2D eigenvalue weighted by Gasteiger charge is 2.52. The van der Waals surface area contributed by atoms with Crippen molar-refractivity contribution in [2.24, 2.45) is 0 Å². The molecule has 1 saturated heterocycles. The molecule has 6 heteroatoms. The van der Waals surface area contributed by atoms with Crippen LogP contribution >= 0.6 is 0 Å². The molecule has 23 heavy (non-hydrogen) atoms. The number of imidazole rings is 1. The van der Waals surface area contributed by atoms with Crippen molar-refractivity contribution in [3.8, 4) is 0 Å². The zero-order valence-corrected chi connectivity index (χ0v) is 14.5. The summed E-state index contributed by atoms with van der Waals surface area (Å²) in [7, 11) is -0.612. The molecule has 0 N–H and O–H groups in total. The maximum Gasteiger partial charge on any atom is 0.496 e. The normalized spacial score (nSPS) is 19.5. The molecule has 1 fully saturated rings. The molecular formula is C17H22BFN2O2. The Morgan fingerprint density at radius 1 is 1.26 bits per heavy atom. The first-order valence-electron chi connectivity index (χ1n) is 7.73. The van der Waals surface area contributed by atoms with E-state index in [-0.39, 0.29) is 0 Å². The quantitative estimate of drug-likeness (QED) is 0.799. The molecule has 0 unspecified atom stereocenters. The predicted molar refractivity (Wildman–Crippen MR) is 90.3 cm³/mol. The molecule has 0 spiro atoms. The lowest BCUT2D eigenvalue weighted by molar-refractivity contribution is 0.00578. The van der Waals surface area contributed by atoms with E-state index in [0.717, 1.165) is 17.0 Å². The third-order valence-electron chi connectivity index (χ3n) is 4.80. The molecule has 1 aliphatic rings. The van der Waals surface area contributed by atoms with Crippen LogP contribution in [0.25, 0.3) is 11.2 Å². The van der Waals surface area contributed by atoms with Gasteiger partial charge in [0.05, 0.1) is 22.6 Å². The van der Waals surface area contributed by atoms with Gasteiger partial charge in [-0.3, -0.25) is 4.40 Å². The van der Waals surface area contributed by atoms with Gasteiger partial charge < -0.3 is 9.31 Å². The third kappa shape index (κ3) is 2.41. The molecule has 3 rings (SSSR count). The van der Waals surface area contributed by atoms with Crippen LogP contribution in [0.5, 0.6) is 0 Å². The number of nitrogens with zero attached hydrogens (tertiary/aromatic N) is 2. The first kappa shape index (κ1) is 16.2. The van der Waals surface area contributed by atoms with Crippen molar-refractivity contribution >= 4 is 23.8 Å². The lowest BCUT2D eigenvalue weighted by Crippen LogP contribution is -2.41. The smallest absolute Gasteiger partial charge is 0.399 e. The molecule has 4 nitrogen and oxygen atoms in total. The lowest BCUT2D eigenvalue weighted by Gasteiger charge is -2.32. The van der Waals surface area contributed by atoms with Crippen molar-refractivity contribution in [2.75, 3.05) is 0 Å². The highest BCUT2D eigenvalue weighted by molar-refractivity contribution is 6.62. The average molecular weight is 316 g/mol. The summed E-state index contributed by atoms with van der Waals surface area (Å²) < 4.78 is 28.3. The summed E-state index contributed by atoms with van der Waals surface area (Å²) in [5.41, 5.74) is 2.39. The molecular weight excluding hydrogens is 294 g/mol. The molecule has 2 aromatic heterocycles. The van der Waals surface area contributed by atoms with Gasteiger partial charge >= 0.3 is 7.12 Å². The van der Waals surface area contributed by atoms with E-state index >= 15 is 0 Å². The van der Waals surface area contributed by atoms with Crippen LogP contribution in [0.4, 0.5) is 4.39 Å². The molecule has 122 valence electrons. The number of aromatic nitrogens is 2. The molecule has 0 amide bonds. The Hall–Kier alpha value is -1.66. The fourth-order valence-electron chi connectivity index (χ4n) is 2.86. The van der Waals surface area contributed by atoms with Crippen molar-refractivity contribution < 1.29 is 13.7 Å². The molecule has 0 aromatic carbocycles. The minimum Gasteiger partial charge on any atom is -0.399 e. The van der Waals surface area contributed by atoms with E-state index in [0.29, 0.717) is 11.1 Å². The van der Waals surface area contributed by atoms with E-state index in [1.165, 1.54) is 6.07 Å². The number of hydrogen-bond acceptors (Lipinski definition) is 3. The van der Waals surface area contributed by atoms with Crippen molar-refractivity contribution in [1.82, 2.24) is 9.38 Å². The van der Waals surface area contributed by atoms with Crippen LogP contribution in [0.15, 0.2) is 18.8 Å². The molecule has 0 atom stereocenters. The Morgan fingerprint density at radius 3 is 2.35 bits per heavy atom. The number of halogens is 1. The van der Waals surface area contributed by atoms with Gasteiger partial charge in [-0.05, 0) is 53.2 Å². The second kappa shape index (κ2) is 4.92. The minimum atomic E-state index is -0.612. The number of pyridine rings is 1. The average Bonchev–Trinajstić information content (AvgIpc) is 2.83. The van der Waals surface area contributed by atoms with Gasteiger partial charge in [0, 0.05) is 11.7 Å². The van der Waals surface area contributed by atoms with E-state index in [4.69, 9.17) is 9.31 Å². The van der Waals surface area contributed by atoms with Gasteiger partial charge in [0.2, 0.25) is 0 Å². The molecule has 0 bridgehead atoms. The SMILES string of the molecule is C=C(C)c1c(C)nc2c(F)cc(B3OC(C)(C)C(C)(C)O3)cn12. The van der Waals surface area contributed by atoms with Crippen LogP contribution in [-0.4, -0.2) is 27.7 Å². The summed E-state index contributed by atoms with van der Waals surface area (Å²) in [6.07, 6.45) is 1.82. The molecule has 3 heterocycles. The summed E-state index contributed by atoms with van der Waals surface area (Å²) in [6, 6.07) is 1.44. The number of aryl methyl sites for hydroxylation is 1. The van der Waals surface area contributed by atoms with Crippen molar-refractivity contribution in [2.45, 2.75) is 52.7 Å². The predicted octanol–water partition coefficient (Wildman–Crippen LogP) is 3.11. The molecule has 0 saturated carbocycles. The van der Waals surface area contributed by atoms with E-state index in [1.807, 2.05) is 47.7 Å². The van der Waals surface area contributed by atoms with E-state index in [1.54, 1.807) is 4.40 Å². The van der Waals surface area contributed by atoms with Gasteiger partial charge in [0.25, 0.3) is 0 Å². The van der Waals surface area contributed by atoms with Crippen LogP contribution < -0.4 is 5.46 Å². The van der Waals surface area contributed by atoms with Crippen LogP contribution in [0.3, 0.4) is 0 Å². The zero-order chi connectivity index (χ0) is 17.2. The highest BCUT2D eigenvalue weighted by Crippen LogP contribution is 2.36. The van der Waals surface area contributed by atoms with Crippen molar-refractivity contribution in [3.05, 3.63) is 36.0 Å². The Balaban J connectivity index is 2.14. The highest BCUT2D eigenvalue weighted by atomic mass is 19.1. The largest absolute Gasteiger partial charge is 0.496 e. The maximum absolute atomic E-state index is 14.5. The fraction of sp³-hybridized carbons (Fsp3) is 0.471. The van der Waals surface area contributed by atoms with Crippen LogP contribution in [0.2, 0.25) is 0 Å². The van der Waals surface area contributed by atoms with Crippen LogP contribution in [0.1, 0.15) is 46.0 Å². The van der Waals surface area contributed by atoms with E-state index in [2.05, 4.69) is 11.6 Å². The Morgan fingerprint density at radius 2 is 1.83 bits per heavy atom. The second-order valence-corrected chi connectivity index (χ2v) is 7.23. The zero-order valence-electron chi connectivity index (χ0n) is 14.5. The van der Waals surface area contributed by atoms with E-state index in [9.17, 15) is 4.39 Å². The third-order valence-corrected chi connectivity index (χ3v) is 4.80. The van der Waals surface area contributed by atoms with Gasteiger partial charge in [-0.15, -0.1) is 0 Å². The number of rotatable bonds is 2. The number of allylic oxidation sites excluding steroid dienone is 1. The summed E-state index contributed by atoms with van der Waals surface area (Å²) in [5, 5.41) is 0.